The zero-order chi connectivity index (χ0) is 19.7. The van der Waals surface area contributed by atoms with Gasteiger partial charge in [0.05, 0.1) is 5.69 Å². The maximum absolute atomic E-state index is 13.1. The highest BCUT2D eigenvalue weighted by Gasteiger charge is 2.24. The van der Waals surface area contributed by atoms with Crippen molar-refractivity contribution in [3.8, 4) is 11.3 Å². The lowest BCUT2D eigenvalue weighted by atomic mass is 10.2. The molecule has 0 fully saturated rings. The van der Waals surface area contributed by atoms with Gasteiger partial charge in [-0.2, -0.15) is 4.98 Å². The summed E-state index contributed by atoms with van der Waals surface area (Å²) in [4.78, 5) is 28.0. The third kappa shape index (κ3) is 3.29. The zero-order valence-electron chi connectivity index (χ0n) is 15.5. The summed E-state index contributed by atoms with van der Waals surface area (Å²) < 4.78 is 1.57. The van der Waals surface area contributed by atoms with Crippen LogP contribution in [0.4, 0.5) is 5.13 Å². The maximum Gasteiger partial charge on any atom is 0.300 e. The second-order valence-electron chi connectivity index (χ2n) is 6.27. The Bertz CT molecular complexity index is 1160. The molecule has 4 rings (SSSR count). The van der Waals surface area contributed by atoms with Gasteiger partial charge in [-0.25, -0.2) is 14.5 Å². The van der Waals surface area contributed by atoms with Crippen molar-refractivity contribution >= 4 is 28.2 Å². The summed E-state index contributed by atoms with van der Waals surface area (Å²) in [5, 5.41) is 6.84. The van der Waals surface area contributed by atoms with Crippen molar-refractivity contribution in [2.45, 2.75) is 13.8 Å². The van der Waals surface area contributed by atoms with Crippen LogP contribution in [-0.4, -0.2) is 37.0 Å². The Balaban J connectivity index is 1.70. The van der Waals surface area contributed by atoms with Gasteiger partial charge >= 0.3 is 0 Å². The first kappa shape index (κ1) is 18.0. The Hall–Kier alpha value is -3.39. The van der Waals surface area contributed by atoms with E-state index in [2.05, 4.69) is 26.6 Å². The van der Waals surface area contributed by atoms with Crippen LogP contribution in [0.5, 0.6) is 0 Å². The predicted molar refractivity (Wildman–Crippen MR) is 110 cm³/mol. The number of hydrogen-bond donors (Lipinski definition) is 0. The van der Waals surface area contributed by atoms with Crippen molar-refractivity contribution in [2.75, 3.05) is 11.4 Å². The van der Waals surface area contributed by atoms with Gasteiger partial charge in [-0.3, -0.25) is 9.69 Å². The van der Waals surface area contributed by atoms with E-state index in [-0.39, 0.29) is 11.7 Å². The van der Waals surface area contributed by atoms with Crippen LogP contribution < -0.4 is 4.90 Å². The van der Waals surface area contributed by atoms with Crippen LogP contribution in [0.3, 0.4) is 0 Å². The lowest BCUT2D eigenvalue weighted by Gasteiger charge is -2.15. The highest BCUT2D eigenvalue weighted by molar-refractivity contribution is 7.14. The molecule has 4 aromatic rings. The number of thiazole rings is 1. The summed E-state index contributed by atoms with van der Waals surface area (Å²) in [5.74, 6) is 0.152. The molecule has 3 aromatic heterocycles. The van der Waals surface area contributed by atoms with Crippen LogP contribution in [0.15, 0.2) is 54.4 Å². The molecule has 0 N–H and O–H groups in total. The number of anilines is 1. The van der Waals surface area contributed by atoms with Crippen molar-refractivity contribution in [3.05, 3.63) is 71.6 Å². The van der Waals surface area contributed by atoms with E-state index in [0.717, 1.165) is 22.6 Å². The molecule has 28 heavy (non-hydrogen) atoms. The van der Waals surface area contributed by atoms with Crippen LogP contribution in [0, 0.1) is 13.8 Å². The summed E-state index contributed by atoms with van der Waals surface area (Å²) in [5.41, 5.74) is 3.51. The number of amides is 1. The Kier molecular flexibility index (Phi) is 4.70. The summed E-state index contributed by atoms with van der Waals surface area (Å²) in [6.07, 6.45) is 1.66. The van der Waals surface area contributed by atoms with Crippen molar-refractivity contribution in [1.29, 1.82) is 0 Å². The lowest BCUT2D eigenvalue weighted by molar-refractivity contribution is 0.0980. The first-order chi connectivity index (χ1) is 13.6. The van der Waals surface area contributed by atoms with E-state index in [1.165, 1.54) is 16.2 Å². The second kappa shape index (κ2) is 7.32. The van der Waals surface area contributed by atoms with Gasteiger partial charge in [-0.15, -0.1) is 23.0 Å². The molecule has 8 heteroatoms. The Morgan fingerprint density at radius 3 is 2.75 bits per heavy atom. The number of hydrogen-bond acceptors (Lipinski definition) is 6. The highest BCUT2D eigenvalue weighted by Crippen LogP contribution is 2.28. The molecule has 0 unspecified atom stereocenters. The molecular weight excluding hydrogens is 372 g/mol. The SMILES string of the molecule is C=CCN(C(=O)c1nc2nc(C)cc(C)n2n1)c1nc(-c2ccccc2)cs1. The predicted octanol–water partition coefficient (Wildman–Crippen LogP) is 3.70. The molecule has 3 heterocycles. The molecule has 0 radical (unpaired) electrons. The van der Waals surface area contributed by atoms with Gasteiger partial charge in [0.1, 0.15) is 0 Å². The third-order valence-corrected chi connectivity index (χ3v) is 5.02. The van der Waals surface area contributed by atoms with Gasteiger partial charge in [0.2, 0.25) is 5.82 Å². The number of nitrogens with zero attached hydrogens (tertiary/aromatic N) is 6. The van der Waals surface area contributed by atoms with E-state index < -0.39 is 0 Å². The van der Waals surface area contributed by atoms with Gasteiger partial charge in [-0.1, -0.05) is 36.4 Å². The molecule has 0 saturated heterocycles. The van der Waals surface area contributed by atoms with Crippen LogP contribution in [0.1, 0.15) is 22.0 Å². The molecule has 0 bridgehead atoms. The molecule has 0 saturated carbocycles. The molecule has 0 aliphatic heterocycles. The van der Waals surface area contributed by atoms with E-state index in [9.17, 15) is 4.79 Å². The molecule has 1 amide bonds. The summed E-state index contributed by atoms with van der Waals surface area (Å²) in [6, 6.07) is 11.7. The van der Waals surface area contributed by atoms with Gasteiger partial charge in [0.25, 0.3) is 11.7 Å². The fraction of sp³-hybridized carbons (Fsp3) is 0.150. The van der Waals surface area contributed by atoms with E-state index in [1.807, 2.05) is 55.6 Å². The minimum absolute atomic E-state index is 0.0829. The third-order valence-electron chi connectivity index (χ3n) is 4.16. The zero-order valence-corrected chi connectivity index (χ0v) is 16.3. The van der Waals surface area contributed by atoms with Gasteiger partial charge in [0, 0.05) is 28.9 Å². The lowest BCUT2D eigenvalue weighted by Crippen LogP contribution is -2.32. The van der Waals surface area contributed by atoms with E-state index >= 15 is 0 Å². The van der Waals surface area contributed by atoms with Crippen LogP contribution in [0.25, 0.3) is 17.0 Å². The topological polar surface area (TPSA) is 76.3 Å². The first-order valence-electron chi connectivity index (χ1n) is 8.71. The van der Waals surface area contributed by atoms with Crippen molar-refractivity contribution < 1.29 is 4.79 Å². The summed E-state index contributed by atoms with van der Waals surface area (Å²) in [6.45, 7) is 7.85. The summed E-state index contributed by atoms with van der Waals surface area (Å²) >= 11 is 1.40. The molecule has 0 atom stereocenters. The Morgan fingerprint density at radius 1 is 1.21 bits per heavy atom. The van der Waals surface area contributed by atoms with E-state index in [0.29, 0.717) is 17.5 Å². The molecule has 7 nitrogen and oxygen atoms in total. The van der Waals surface area contributed by atoms with Crippen LogP contribution in [-0.2, 0) is 0 Å². The molecule has 0 aliphatic rings. The fourth-order valence-electron chi connectivity index (χ4n) is 2.88. The monoisotopic (exact) mass is 390 g/mol. The average molecular weight is 390 g/mol. The maximum atomic E-state index is 13.1. The number of rotatable bonds is 5. The molecule has 1 aromatic carbocycles. The van der Waals surface area contributed by atoms with Crippen molar-refractivity contribution in [2.24, 2.45) is 0 Å². The smallest absolute Gasteiger partial charge is 0.277 e. The minimum Gasteiger partial charge on any atom is -0.277 e. The Labute approximate surface area is 166 Å². The Morgan fingerprint density at radius 2 is 2.00 bits per heavy atom. The summed E-state index contributed by atoms with van der Waals surface area (Å²) in [7, 11) is 0. The van der Waals surface area contributed by atoms with E-state index in [1.54, 1.807) is 10.6 Å². The van der Waals surface area contributed by atoms with Crippen LogP contribution >= 0.6 is 11.3 Å². The largest absolute Gasteiger partial charge is 0.300 e. The molecule has 0 spiro atoms. The molecule has 0 aliphatic carbocycles. The number of carbonyl (C=O) groups is 1. The normalized spacial score (nSPS) is 10.9. The highest BCUT2D eigenvalue weighted by atomic mass is 32.1. The molecule has 140 valence electrons. The first-order valence-corrected chi connectivity index (χ1v) is 9.59. The average Bonchev–Trinajstić information content (AvgIpc) is 3.34. The number of fused-ring (bicyclic) bond motifs is 1. The van der Waals surface area contributed by atoms with Gasteiger partial charge in [0.15, 0.2) is 5.13 Å². The van der Waals surface area contributed by atoms with Crippen LogP contribution in [0.2, 0.25) is 0 Å². The quantitative estimate of drug-likeness (QED) is 0.486. The number of benzene rings is 1. The van der Waals surface area contributed by atoms with Gasteiger partial charge < -0.3 is 0 Å². The number of aromatic nitrogens is 5. The standard InChI is InChI=1S/C20H18N6OS/c1-4-10-25(20-22-16(12-28-20)15-8-6-5-7-9-15)18(27)17-23-19-21-13(2)11-14(3)26(19)24-17/h4-9,11-12H,1,10H2,2-3H3. The minimum atomic E-state index is -0.337. The van der Waals surface area contributed by atoms with Crippen molar-refractivity contribution in [3.63, 3.8) is 0 Å². The second-order valence-corrected chi connectivity index (χ2v) is 7.11. The van der Waals surface area contributed by atoms with E-state index in [4.69, 9.17) is 0 Å². The fourth-order valence-corrected chi connectivity index (χ4v) is 3.73. The van der Waals surface area contributed by atoms with Crippen molar-refractivity contribution in [1.82, 2.24) is 24.6 Å². The molecular formula is C20H18N6OS. The number of carbonyl (C=O) groups excluding carboxylic acids is 1. The number of aryl methyl sites for hydroxylation is 2. The van der Waals surface area contributed by atoms with Gasteiger partial charge in [-0.05, 0) is 19.9 Å².